The maximum absolute atomic E-state index is 11.0. The molecule has 0 aromatic heterocycles. The number of nitrogens with one attached hydrogen (secondary N) is 1. The van der Waals surface area contributed by atoms with Crippen LogP contribution in [-0.4, -0.2) is 31.8 Å². The Hall–Kier alpha value is -0.620. The fourth-order valence-corrected chi connectivity index (χ4v) is 1.59. The van der Waals surface area contributed by atoms with Crippen LogP contribution in [0.15, 0.2) is 0 Å². The fourth-order valence-electron chi connectivity index (χ4n) is 0.843. The van der Waals surface area contributed by atoms with E-state index < -0.39 is 16.0 Å². The van der Waals surface area contributed by atoms with Gasteiger partial charge in [0, 0.05) is 13.0 Å². The molecule has 0 fully saturated rings. The summed E-state index contributed by atoms with van der Waals surface area (Å²) in [6, 6.07) is 0. The summed E-state index contributed by atoms with van der Waals surface area (Å²) in [6.45, 7) is 3.69. The lowest BCUT2D eigenvalue weighted by Crippen LogP contribution is -2.29. The average Bonchev–Trinajstić information content (AvgIpc) is 2.11. The molecule has 0 spiro atoms. The second-order valence-corrected chi connectivity index (χ2v) is 5.38. The van der Waals surface area contributed by atoms with Gasteiger partial charge in [0.05, 0.1) is 5.75 Å². The normalized spacial score (nSPS) is 13.9. The van der Waals surface area contributed by atoms with Gasteiger partial charge in [-0.25, -0.2) is 13.1 Å². The zero-order valence-electron chi connectivity index (χ0n) is 8.49. The zero-order chi connectivity index (χ0) is 11.2. The van der Waals surface area contributed by atoms with E-state index >= 15 is 0 Å². The van der Waals surface area contributed by atoms with Crippen LogP contribution in [0.5, 0.6) is 0 Å². The molecule has 1 atom stereocenters. The van der Waals surface area contributed by atoms with Crippen molar-refractivity contribution in [2.24, 2.45) is 5.92 Å². The predicted octanol–water partition coefficient (Wildman–Crippen LogP) is 0.427. The van der Waals surface area contributed by atoms with Crippen LogP contribution >= 0.6 is 0 Å². The molecular formula is C8H17NO4S. The molecule has 14 heavy (non-hydrogen) atoms. The summed E-state index contributed by atoms with van der Waals surface area (Å²) in [5.41, 5.74) is 0. The Kier molecular flexibility index (Phi) is 5.71. The number of carbonyl (C=O) groups is 1. The number of sulfonamides is 1. The molecule has 0 bridgehead atoms. The van der Waals surface area contributed by atoms with Gasteiger partial charge in [-0.15, -0.1) is 0 Å². The minimum absolute atomic E-state index is 0.0485. The third-order valence-corrected chi connectivity index (χ3v) is 3.25. The van der Waals surface area contributed by atoms with Crippen molar-refractivity contribution in [1.29, 1.82) is 0 Å². The Morgan fingerprint density at radius 3 is 2.50 bits per heavy atom. The molecule has 0 rings (SSSR count). The molecule has 84 valence electrons. The molecule has 0 radical (unpaired) electrons. The number of hydrogen-bond donors (Lipinski definition) is 2. The molecular weight excluding hydrogens is 206 g/mol. The molecule has 0 aromatic rings. The van der Waals surface area contributed by atoms with Crippen molar-refractivity contribution in [2.75, 3.05) is 12.3 Å². The summed E-state index contributed by atoms with van der Waals surface area (Å²) in [7, 11) is -3.15. The van der Waals surface area contributed by atoms with Crippen molar-refractivity contribution in [3.8, 4) is 0 Å². The Morgan fingerprint density at radius 1 is 1.50 bits per heavy atom. The number of carboxylic acids is 1. The van der Waals surface area contributed by atoms with Gasteiger partial charge >= 0.3 is 5.97 Å². The van der Waals surface area contributed by atoms with Gasteiger partial charge in [-0.05, 0) is 19.3 Å². The topological polar surface area (TPSA) is 83.5 Å². The maximum Gasteiger partial charge on any atom is 0.303 e. The first-order valence-electron chi connectivity index (χ1n) is 4.56. The second-order valence-electron chi connectivity index (χ2n) is 3.29. The highest BCUT2D eigenvalue weighted by atomic mass is 32.2. The van der Waals surface area contributed by atoms with Crippen LogP contribution in [0.3, 0.4) is 0 Å². The van der Waals surface area contributed by atoms with Crippen molar-refractivity contribution in [3.63, 3.8) is 0 Å². The van der Waals surface area contributed by atoms with Crippen LogP contribution in [0.2, 0.25) is 0 Å². The number of aliphatic carboxylic acids is 1. The molecule has 0 saturated heterocycles. The van der Waals surface area contributed by atoms with Gasteiger partial charge in [0.2, 0.25) is 10.0 Å². The van der Waals surface area contributed by atoms with Gasteiger partial charge in [0.1, 0.15) is 0 Å². The lowest BCUT2D eigenvalue weighted by molar-refractivity contribution is -0.137. The molecule has 0 amide bonds. The third kappa shape index (κ3) is 6.85. The minimum Gasteiger partial charge on any atom is -0.481 e. The molecule has 1 unspecified atom stereocenters. The highest BCUT2D eigenvalue weighted by Gasteiger charge is 2.10. The number of rotatable bonds is 7. The van der Waals surface area contributed by atoms with Gasteiger partial charge in [-0.1, -0.05) is 6.92 Å². The Balaban J connectivity index is 3.74. The van der Waals surface area contributed by atoms with E-state index in [1.54, 1.807) is 6.92 Å². The highest BCUT2D eigenvalue weighted by molar-refractivity contribution is 7.89. The van der Waals surface area contributed by atoms with E-state index in [9.17, 15) is 13.2 Å². The molecule has 0 aliphatic carbocycles. The maximum atomic E-state index is 11.0. The van der Waals surface area contributed by atoms with E-state index in [1.165, 1.54) is 0 Å². The van der Waals surface area contributed by atoms with E-state index in [-0.39, 0.29) is 18.1 Å². The van der Waals surface area contributed by atoms with Gasteiger partial charge in [-0.3, -0.25) is 4.79 Å². The molecule has 0 aliphatic rings. The highest BCUT2D eigenvalue weighted by Crippen LogP contribution is 2.04. The van der Waals surface area contributed by atoms with Crippen LogP contribution in [0, 0.1) is 5.92 Å². The van der Waals surface area contributed by atoms with Gasteiger partial charge in [0.25, 0.3) is 0 Å². The average molecular weight is 223 g/mol. The molecule has 0 aliphatic heterocycles. The van der Waals surface area contributed by atoms with Crippen LogP contribution in [0.25, 0.3) is 0 Å². The lowest BCUT2D eigenvalue weighted by atomic mass is 10.1. The Bertz CT molecular complexity index is 273. The molecule has 0 saturated carbocycles. The van der Waals surface area contributed by atoms with E-state index in [2.05, 4.69) is 4.72 Å². The van der Waals surface area contributed by atoms with Crippen LogP contribution in [0.1, 0.15) is 26.7 Å². The summed E-state index contributed by atoms with van der Waals surface area (Å²) in [5.74, 6) is -0.749. The third-order valence-electron chi connectivity index (χ3n) is 1.88. The summed E-state index contributed by atoms with van der Waals surface area (Å²) >= 11 is 0. The van der Waals surface area contributed by atoms with Gasteiger partial charge in [0.15, 0.2) is 0 Å². The Labute approximate surface area is 84.6 Å². The summed E-state index contributed by atoms with van der Waals surface area (Å²) in [5, 5.41) is 8.40. The summed E-state index contributed by atoms with van der Waals surface area (Å²) < 4.78 is 24.4. The standard InChI is InChI=1S/C8H17NO4S/c1-3-14(12,13)9-6-7(2)4-5-8(10)11/h7,9H,3-6H2,1-2H3,(H,10,11). The molecule has 0 aromatic carbocycles. The number of hydrogen-bond acceptors (Lipinski definition) is 3. The lowest BCUT2D eigenvalue weighted by Gasteiger charge is -2.10. The first-order valence-corrected chi connectivity index (χ1v) is 6.21. The van der Waals surface area contributed by atoms with Crippen LogP contribution in [-0.2, 0) is 14.8 Å². The first kappa shape index (κ1) is 13.4. The van der Waals surface area contributed by atoms with Crippen LogP contribution in [0.4, 0.5) is 0 Å². The first-order chi connectivity index (χ1) is 6.37. The van der Waals surface area contributed by atoms with Crippen molar-refractivity contribution in [2.45, 2.75) is 26.7 Å². The second kappa shape index (κ2) is 5.98. The molecule has 5 nitrogen and oxygen atoms in total. The smallest absolute Gasteiger partial charge is 0.303 e. The predicted molar refractivity (Wildman–Crippen MR) is 53.5 cm³/mol. The largest absolute Gasteiger partial charge is 0.481 e. The van der Waals surface area contributed by atoms with E-state index in [4.69, 9.17) is 5.11 Å². The van der Waals surface area contributed by atoms with Crippen molar-refractivity contribution in [3.05, 3.63) is 0 Å². The van der Waals surface area contributed by atoms with Gasteiger partial charge in [-0.2, -0.15) is 0 Å². The quantitative estimate of drug-likeness (QED) is 0.655. The summed E-state index contributed by atoms with van der Waals surface area (Å²) in [4.78, 5) is 10.2. The zero-order valence-corrected chi connectivity index (χ0v) is 9.30. The molecule has 0 heterocycles. The van der Waals surface area contributed by atoms with E-state index in [0.717, 1.165) is 0 Å². The number of carboxylic acid groups (broad SMARTS) is 1. The Morgan fingerprint density at radius 2 is 2.07 bits per heavy atom. The van der Waals surface area contributed by atoms with Crippen LogP contribution < -0.4 is 4.72 Å². The van der Waals surface area contributed by atoms with Gasteiger partial charge < -0.3 is 5.11 Å². The van der Waals surface area contributed by atoms with Crippen molar-refractivity contribution >= 4 is 16.0 Å². The monoisotopic (exact) mass is 223 g/mol. The van der Waals surface area contributed by atoms with Crippen molar-refractivity contribution in [1.82, 2.24) is 4.72 Å². The SMILES string of the molecule is CCS(=O)(=O)NCC(C)CCC(=O)O. The summed E-state index contributed by atoms with van der Waals surface area (Å²) in [6.07, 6.45) is 0.566. The minimum atomic E-state index is -3.15. The fraction of sp³-hybridized carbons (Fsp3) is 0.875. The molecule has 2 N–H and O–H groups in total. The molecule has 6 heteroatoms. The van der Waals surface area contributed by atoms with E-state index in [0.29, 0.717) is 13.0 Å². The van der Waals surface area contributed by atoms with Crippen molar-refractivity contribution < 1.29 is 18.3 Å². The van der Waals surface area contributed by atoms with E-state index in [1.807, 2.05) is 6.92 Å².